The highest BCUT2D eigenvalue weighted by molar-refractivity contribution is 5.42. The Morgan fingerprint density at radius 1 is 1.46 bits per heavy atom. The summed E-state index contributed by atoms with van der Waals surface area (Å²) in [6.45, 7) is 0.385. The minimum Gasteiger partial charge on any atom is -0.457 e. The number of carbonyl (C=O) groups excluding carboxylic acids is 1. The Morgan fingerprint density at radius 3 is 3.00 bits per heavy atom. The lowest BCUT2D eigenvalue weighted by atomic mass is 10.1. The molecule has 68 valence electrons. The maximum absolute atomic E-state index is 10.2. The number of aliphatic hydroxyl groups excluding tert-OH is 1. The Balaban J connectivity index is 2.34. The molecule has 1 N–H and O–H groups in total. The van der Waals surface area contributed by atoms with Gasteiger partial charge in [0.25, 0.3) is 6.47 Å². The molecule has 0 saturated heterocycles. The van der Waals surface area contributed by atoms with Crippen LogP contribution in [-0.2, 0) is 16.0 Å². The molecular weight excluding hydrogens is 168 g/mol. The van der Waals surface area contributed by atoms with Gasteiger partial charge < -0.3 is 9.84 Å². The highest BCUT2D eigenvalue weighted by atomic mass is 16.5. The molecule has 2 atom stereocenters. The van der Waals surface area contributed by atoms with Gasteiger partial charge in [-0.05, 0) is 11.1 Å². The van der Waals surface area contributed by atoms with Crippen LogP contribution in [0.5, 0.6) is 0 Å². The van der Waals surface area contributed by atoms with Crippen LogP contribution in [-0.4, -0.2) is 17.7 Å². The minimum atomic E-state index is -0.595. The first-order valence-electron chi connectivity index (χ1n) is 4.18. The van der Waals surface area contributed by atoms with Gasteiger partial charge >= 0.3 is 0 Å². The predicted molar refractivity (Wildman–Crippen MR) is 46.0 cm³/mol. The van der Waals surface area contributed by atoms with Crippen LogP contribution < -0.4 is 0 Å². The van der Waals surface area contributed by atoms with Gasteiger partial charge in [0.1, 0.15) is 0 Å². The van der Waals surface area contributed by atoms with Crippen molar-refractivity contribution in [3.8, 4) is 0 Å². The summed E-state index contributed by atoms with van der Waals surface area (Å²) in [5.74, 6) is 0. The third-order valence-corrected chi connectivity index (χ3v) is 2.34. The van der Waals surface area contributed by atoms with Gasteiger partial charge in [0.2, 0.25) is 0 Å². The Labute approximate surface area is 76.0 Å². The highest BCUT2D eigenvalue weighted by Crippen LogP contribution is 2.33. The van der Waals surface area contributed by atoms with Gasteiger partial charge in [-0.15, -0.1) is 0 Å². The van der Waals surface area contributed by atoms with Gasteiger partial charge in [0, 0.05) is 6.42 Å². The summed E-state index contributed by atoms with van der Waals surface area (Å²) in [6, 6.07) is 7.60. The average Bonchev–Trinajstić information content (AvgIpc) is 2.44. The Kier molecular flexibility index (Phi) is 2.02. The van der Waals surface area contributed by atoms with Crippen molar-refractivity contribution in [1.29, 1.82) is 0 Å². The van der Waals surface area contributed by atoms with E-state index in [2.05, 4.69) is 0 Å². The summed E-state index contributed by atoms with van der Waals surface area (Å²) in [6.07, 6.45) is -0.509. The number of fused-ring (bicyclic) bond motifs is 1. The van der Waals surface area contributed by atoms with Crippen molar-refractivity contribution in [3.63, 3.8) is 0 Å². The van der Waals surface area contributed by atoms with E-state index < -0.39 is 12.2 Å². The molecule has 1 aliphatic carbocycles. The summed E-state index contributed by atoms with van der Waals surface area (Å²) >= 11 is 0. The molecule has 0 saturated carbocycles. The number of ether oxygens (including phenoxy) is 1. The summed E-state index contributed by atoms with van der Waals surface area (Å²) in [5, 5.41) is 9.56. The lowest BCUT2D eigenvalue weighted by Gasteiger charge is -2.12. The van der Waals surface area contributed by atoms with E-state index in [0.29, 0.717) is 12.9 Å². The maximum Gasteiger partial charge on any atom is 0.293 e. The molecule has 1 aliphatic rings. The van der Waals surface area contributed by atoms with E-state index in [4.69, 9.17) is 4.74 Å². The zero-order valence-electron chi connectivity index (χ0n) is 7.01. The molecule has 2 rings (SSSR count). The minimum absolute atomic E-state index is 0.385. The molecule has 0 aromatic heterocycles. The maximum atomic E-state index is 10.2. The number of aliphatic hydroxyl groups is 1. The molecule has 1 aromatic rings. The molecule has 0 bridgehead atoms. The molecule has 0 aliphatic heterocycles. The van der Waals surface area contributed by atoms with Crippen molar-refractivity contribution >= 4 is 6.47 Å². The van der Waals surface area contributed by atoms with Crippen LogP contribution in [0.4, 0.5) is 0 Å². The largest absolute Gasteiger partial charge is 0.457 e. The van der Waals surface area contributed by atoms with Gasteiger partial charge in [-0.2, -0.15) is 0 Å². The van der Waals surface area contributed by atoms with Crippen LogP contribution in [0.2, 0.25) is 0 Å². The molecule has 0 radical (unpaired) electrons. The number of hydrogen-bond donors (Lipinski definition) is 1. The molecular formula is C10H10O3. The van der Waals surface area contributed by atoms with Gasteiger partial charge in [0.15, 0.2) is 6.10 Å². The fourth-order valence-electron chi connectivity index (χ4n) is 1.76. The van der Waals surface area contributed by atoms with E-state index >= 15 is 0 Å². The monoisotopic (exact) mass is 178 g/mol. The van der Waals surface area contributed by atoms with Crippen LogP contribution in [0, 0.1) is 0 Å². The zero-order chi connectivity index (χ0) is 9.26. The highest BCUT2D eigenvalue weighted by Gasteiger charge is 2.31. The van der Waals surface area contributed by atoms with E-state index in [9.17, 15) is 9.90 Å². The van der Waals surface area contributed by atoms with Gasteiger partial charge in [-0.3, -0.25) is 4.79 Å². The number of benzene rings is 1. The molecule has 0 spiro atoms. The second kappa shape index (κ2) is 3.18. The molecule has 0 fully saturated rings. The van der Waals surface area contributed by atoms with Crippen LogP contribution in [0.15, 0.2) is 24.3 Å². The molecule has 1 aromatic carbocycles. The molecule has 2 unspecified atom stereocenters. The Bertz CT molecular complexity index is 322. The molecule has 3 heteroatoms. The summed E-state index contributed by atoms with van der Waals surface area (Å²) in [5.41, 5.74) is 1.98. The van der Waals surface area contributed by atoms with Crippen LogP contribution in [0.3, 0.4) is 0 Å². The second-order valence-corrected chi connectivity index (χ2v) is 3.12. The van der Waals surface area contributed by atoms with Crippen LogP contribution >= 0.6 is 0 Å². The van der Waals surface area contributed by atoms with Crippen molar-refractivity contribution in [1.82, 2.24) is 0 Å². The number of carbonyl (C=O) groups is 1. The predicted octanol–water partition coefficient (Wildman–Crippen LogP) is 0.818. The topological polar surface area (TPSA) is 46.5 Å². The Hall–Kier alpha value is -1.35. The SMILES string of the molecule is O=COC1c2ccccc2CC1O. The van der Waals surface area contributed by atoms with E-state index in [-0.39, 0.29) is 0 Å². The number of rotatable bonds is 2. The fraction of sp³-hybridized carbons (Fsp3) is 0.300. The van der Waals surface area contributed by atoms with Crippen molar-refractivity contribution in [2.45, 2.75) is 18.6 Å². The first kappa shape index (κ1) is 8.26. The van der Waals surface area contributed by atoms with Crippen molar-refractivity contribution in [2.24, 2.45) is 0 Å². The lowest BCUT2D eigenvalue weighted by Crippen LogP contribution is -2.15. The molecule has 0 heterocycles. The number of hydrogen-bond acceptors (Lipinski definition) is 3. The second-order valence-electron chi connectivity index (χ2n) is 3.12. The van der Waals surface area contributed by atoms with Gasteiger partial charge in [-0.25, -0.2) is 0 Å². The van der Waals surface area contributed by atoms with Gasteiger partial charge in [-0.1, -0.05) is 24.3 Å². The smallest absolute Gasteiger partial charge is 0.293 e. The molecule has 0 amide bonds. The fourth-order valence-corrected chi connectivity index (χ4v) is 1.76. The third-order valence-electron chi connectivity index (χ3n) is 2.34. The third kappa shape index (κ3) is 1.31. The van der Waals surface area contributed by atoms with Crippen molar-refractivity contribution in [3.05, 3.63) is 35.4 Å². The lowest BCUT2D eigenvalue weighted by molar-refractivity contribution is -0.138. The van der Waals surface area contributed by atoms with Crippen molar-refractivity contribution < 1.29 is 14.6 Å². The van der Waals surface area contributed by atoms with E-state index in [1.807, 2.05) is 24.3 Å². The average molecular weight is 178 g/mol. The van der Waals surface area contributed by atoms with Crippen LogP contribution in [0.1, 0.15) is 17.2 Å². The van der Waals surface area contributed by atoms with E-state index in [0.717, 1.165) is 11.1 Å². The first-order chi connectivity index (χ1) is 6.33. The summed E-state index contributed by atoms with van der Waals surface area (Å²) in [7, 11) is 0. The molecule has 13 heavy (non-hydrogen) atoms. The van der Waals surface area contributed by atoms with E-state index in [1.54, 1.807) is 0 Å². The van der Waals surface area contributed by atoms with E-state index in [1.165, 1.54) is 0 Å². The summed E-state index contributed by atoms with van der Waals surface area (Å²) in [4.78, 5) is 10.2. The van der Waals surface area contributed by atoms with Gasteiger partial charge in [0.05, 0.1) is 6.10 Å². The van der Waals surface area contributed by atoms with Crippen LogP contribution in [0.25, 0.3) is 0 Å². The van der Waals surface area contributed by atoms with Crippen molar-refractivity contribution in [2.75, 3.05) is 0 Å². The zero-order valence-corrected chi connectivity index (χ0v) is 7.01. The molecule has 3 nitrogen and oxygen atoms in total. The standard InChI is InChI=1S/C10H10O3/c11-6-13-10-8-4-2-1-3-7(8)5-9(10)12/h1-4,6,9-10,12H,5H2. The summed E-state index contributed by atoms with van der Waals surface area (Å²) < 4.78 is 4.81. The quantitative estimate of drug-likeness (QED) is 0.682. The Morgan fingerprint density at radius 2 is 2.23 bits per heavy atom. The first-order valence-corrected chi connectivity index (χ1v) is 4.18. The normalized spacial score (nSPS) is 25.3.